The molecule has 0 spiro atoms. The first kappa shape index (κ1) is 21.3. The van der Waals surface area contributed by atoms with Crippen molar-refractivity contribution >= 4 is 28.9 Å². The third kappa shape index (κ3) is 6.95. The zero-order valence-electron chi connectivity index (χ0n) is 16.9. The maximum atomic E-state index is 12.3. The zero-order valence-corrected chi connectivity index (χ0v) is 16.9. The molecule has 0 heterocycles. The van der Waals surface area contributed by atoms with E-state index >= 15 is 0 Å². The van der Waals surface area contributed by atoms with E-state index in [-0.39, 0.29) is 24.3 Å². The summed E-state index contributed by atoms with van der Waals surface area (Å²) in [5, 5.41) is 8.78. The van der Waals surface area contributed by atoms with E-state index in [0.717, 1.165) is 11.4 Å². The number of ether oxygens (including phenoxy) is 1. The number of carbonyl (C=O) groups excluding carboxylic acids is 2. The molecular weight excluding hydrogens is 354 g/mol. The monoisotopic (exact) mass is 383 g/mol. The number of carbonyl (C=O) groups is 2. The summed E-state index contributed by atoms with van der Waals surface area (Å²) in [7, 11) is 0. The summed E-state index contributed by atoms with van der Waals surface area (Å²) in [4.78, 5) is 24.0. The average molecular weight is 383 g/mol. The van der Waals surface area contributed by atoms with E-state index in [9.17, 15) is 9.59 Å². The number of benzene rings is 2. The highest BCUT2D eigenvalue weighted by Gasteiger charge is 2.09. The Morgan fingerprint density at radius 1 is 0.893 bits per heavy atom. The van der Waals surface area contributed by atoms with E-state index in [4.69, 9.17) is 4.74 Å². The van der Waals surface area contributed by atoms with Crippen LogP contribution < -0.4 is 20.7 Å². The van der Waals surface area contributed by atoms with Crippen LogP contribution in [0.2, 0.25) is 0 Å². The van der Waals surface area contributed by atoms with Gasteiger partial charge in [0.1, 0.15) is 5.75 Å². The third-order valence-corrected chi connectivity index (χ3v) is 3.86. The van der Waals surface area contributed by atoms with E-state index in [2.05, 4.69) is 29.8 Å². The number of nitrogens with one attached hydrogen (secondary N) is 3. The van der Waals surface area contributed by atoms with Crippen molar-refractivity contribution in [1.82, 2.24) is 0 Å². The van der Waals surface area contributed by atoms with Crippen LogP contribution in [-0.2, 0) is 9.59 Å². The summed E-state index contributed by atoms with van der Waals surface area (Å²) in [5.41, 5.74) is 2.17. The van der Waals surface area contributed by atoms with Crippen LogP contribution in [0.25, 0.3) is 0 Å². The molecule has 0 unspecified atom stereocenters. The number of amides is 2. The van der Waals surface area contributed by atoms with Crippen LogP contribution in [0.15, 0.2) is 48.5 Å². The van der Waals surface area contributed by atoms with Gasteiger partial charge in [-0.1, -0.05) is 39.8 Å². The summed E-state index contributed by atoms with van der Waals surface area (Å²) in [5.74, 6) is 0.790. The van der Waals surface area contributed by atoms with E-state index in [0.29, 0.717) is 24.0 Å². The predicted molar refractivity (Wildman–Crippen MR) is 114 cm³/mol. The van der Waals surface area contributed by atoms with Gasteiger partial charge < -0.3 is 20.7 Å². The molecule has 0 aromatic heterocycles. The highest BCUT2D eigenvalue weighted by Crippen LogP contribution is 2.24. The molecule has 2 amide bonds. The highest BCUT2D eigenvalue weighted by atomic mass is 16.5. The first-order chi connectivity index (χ1) is 13.3. The van der Waals surface area contributed by atoms with Crippen LogP contribution in [0.3, 0.4) is 0 Å². The molecule has 2 aromatic carbocycles. The van der Waals surface area contributed by atoms with Gasteiger partial charge in [0.05, 0.1) is 18.8 Å². The molecular formula is C22H29N3O3. The van der Waals surface area contributed by atoms with Crippen LogP contribution in [0, 0.1) is 11.8 Å². The summed E-state index contributed by atoms with van der Waals surface area (Å²) >= 11 is 0. The standard InChI is InChI=1S/C22H29N3O3/c1-15(2)14-28-20-8-6-5-7-19(20)25-21(26)13-23-17-9-11-18(12-10-17)24-22(27)16(3)4/h5-12,15-16,23H,13-14H2,1-4H3,(H,24,27)(H,25,26). The third-order valence-electron chi connectivity index (χ3n) is 3.86. The Kier molecular flexibility index (Phi) is 7.87. The Bertz CT molecular complexity index is 786. The lowest BCUT2D eigenvalue weighted by molar-refractivity contribution is -0.119. The number of hydrogen-bond donors (Lipinski definition) is 3. The second-order valence-corrected chi connectivity index (χ2v) is 7.32. The predicted octanol–water partition coefficient (Wildman–Crippen LogP) is 4.37. The lowest BCUT2D eigenvalue weighted by Crippen LogP contribution is -2.22. The molecule has 6 heteroatoms. The Morgan fingerprint density at radius 3 is 2.18 bits per heavy atom. The maximum Gasteiger partial charge on any atom is 0.243 e. The fraction of sp³-hybridized carbons (Fsp3) is 0.364. The zero-order chi connectivity index (χ0) is 20.5. The van der Waals surface area contributed by atoms with Gasteiger partial charge in [-0.25, -0.2) is 0 Å². The molecule has 28 heavy (non-hydrogen) atoms. The fourth-order valence-electron chi connectivity index (χ4n) is 2.29. The van der Waals surface area contributed by atoms with E-state index in [1.165, 1.54) is 0 Å². The normalized spacial score (nSPS) is 10.6. The average Bonchev–Trinajstić information content (AvgIpc) is 2.66. The quantitative estimate of drug-likeness (QED) is 0.601. The Labute approximate surface area is 166 Å². The first-order valence-corrected chi connectivity index (χ1v) is 9.51. The second kappa shape index (κ2) is 10.3. The van der Waals surface area contributed by atoms with Gasteiger partial charge in [0.2, 0.25) is 11.8 Å². The van der Waals surface area contributed by atoms with Gasteiger partial charge >= 0.3 is 0 Å². The highest BCUT2D eigenvalue weighted by molar-refractivity contribution is 5.95. The van der Waals surface area contributed by atoms with Gasteiger partial charge in [0.15, 0.2) is 0 Å². The number of anilines is 3. The molecule has 150 valence electrons. The molecule has 0 aliphatic carbocycles. The first-order valence-electron chi connectivity index (χ1n) is 9.51. The topological polar surface area (TPSA) is 79.5 Å². The van der Waals surface area contributed by atoms with Gasteiger partial charge in [-0.3, -0.25) is 9.59 Å². The van der Waals surface area contributed by atoms with Crippen molar-refractivity contribution < 1.29 is 14.3 Å². The SMILES string of the molecule is CC(C)COc1ccccc1NC(=O)CNc1ccc(NC(=O)C(C)C)cc1. The molecule has 3 N–H and O–H groups in total. The lowest BCUT2D eigenvalue weighted by atomic mass is 10.2. The smallest absolute Gasteiger partial charge is 0.243 e. The summed E-state index contributed by atoms with van der Waals surface area (Å²) in [6.07, 6.45) is 0. The summed E-state index contributed by atoms with van der Waals surface area (Å²) in [6, 6.07) is 14.6. The van der Waals surface area contributed by atoms with E-state index in [1.807, 2.05) is 50.2 Å². The van der Waals surface area contributed by atoms with Crippen LogP contribution in [0.4, 0.5) is 17.1 Å². The minimum absolute atomic E-state index is 0.0292. The molecule has 0 atom stereocenters. The molecule has 0 radical (unpaired) electrons. The van der Waals surface area contributed by atoms with Crippen molar-refractivity contribution in [2.24, 2.45) is 11.8 Å². The van der Waals surface area contributed by atoms with E-state index < -0.39 is 0 Å². The molecule has 0 fully saturated rings. The fourth-order valence-corrected chi connectivity index (χ4v) is 2.29. The molecule has 0 saturated carbocycles. The van der Waals surface area contributed by atoms with Crippen LogP contribution in [-0.4, -0.2) is 25.0 Å². The van der Waals surface area contributed by atoms with Crippen molar-refractivity contribution in [3.63, 3.8) is 0 Å². The van der Waals surface area contributed by atoms with Gasteiger partial charge in [0.25, 0.3) is 0 Å². The minimum Gasteiger partial charge on any atom is -0.491 e. The lowest BCUT2D eigenvalue weighted by Gasteiger charge is -2.14. The minimum atomic E-state index is -0.169. The summed E-state index contributed by atoms with van der Waals surface area (Å²) < 4.78 is 5.75. The van der Waals surface area contributed by atoms with Gasteiger partial charge in [0, 0.05) is 17.3 Å². The van der Waals surface area contributed by atoms with Crippen LogP contribution in [0.1, 0.15) is 27.7 Å². The Balaban J connectivity index is 1.87. The van der Waals surface area contributed by atoms with Crippen molar-refractivity contribution in [2.75, 3.05) is 29.1 Å². The van der Waals surface area contributed by atoms with Crippen molar-refractivity contribution in [2.45, 2.75) is 27.7 Å². The van der Waals surface area contributed by atoms with Crippen molar-refractivity contribution in [3.8, 4) is 5.75 Å². The summed E-state index contributed by atoms with van der Waals surface area (Å²) in [6.45, 7) is 8.54. The molecule has 0 saturated heterocycles. The molecule has 6 nitrogen and oxygen atoms in total. The molecule has 0 aliphatic heterocycles. The van der Waals surface area contributed by atoms with Crippen LogP contribution in [0.5, 0.6) is 5.75 Å². The number of para-hydroxylation sites is 2. The van der Waals surface area contributed by atoms with Gasteiger partial charge in [-0.15, -0.1) is 0 Å². The second-order valence-electron chi connectivity index (χ2n) is 7.32. The molecule has 0 bridgehead atoms. The van der Waals surface area contributed by atoms with Crippen LogP contribution >= 0.6 is 0 Å². The molecule has 2 rings (SSSR count). The van der Waals surface area contributed by atoms with Crippen molar-refractivity contribution in [3.05, 3.63) is 48.5 Å². The Morgan fingerprint density at radius 2 is 1.54 bits per heavy atom. The molecule has 0 aliphatic rings. The molecule has 2 aromatic rings. The maximum absolute atomic E-state index is 12.3. The Hall–Kier alpha value is -3.02. The largest absolute Gasteiger partial charge is 0.491 e. The number of hydrogen-bond acceptors (Lipinski definition) is 4. The van der Waals surface area contributed by atoms with E-state index in [1.54, 1.807) is 12.1 Å². The number of rotatable bonds is 9. The van der Waals surface area contributed by atoms with Gasteiger partial charge in [-0.05, 0) is 42.3 Å². The van der Waals surface area contributed by atoms with Gasteiger partial charge in [-0.2, -0.15) is 0 Å². The van der Waals surface area contributed by atoms with Crippen molar-refractivity contribution in [1.29, 1.82) is 0 Å².